The summed E-state index contributed by atoms with van der Waals surface area (Å²) >= 11 is 0. The highest BCUT2D eigenvalue weighted by Gasteiger charge is 2.34. The smallest absolute Gasteiger partial charge is 0.259 e. The summed E-state index contributed by atoms with van der Waals surface area (Å²) in [4.78, 5) is 43.6. The van der Waals surface area contributed by atoms with Gasteiger partial charge in [0.15, 0.2) is 0 Å². The van der Waals surface area contributed by atoms with E-state index in [9.17, 15) is 14.4 Å². The number of nitrogens with zero attached hydrogens (tertiary/aromatic N) is 3. The SMILES string of the molecule is Cc1cc2c(=O)n(C(C)(C)C)c3c(C)cc4c(=O)n(C(C)(C)C)c5c(C)cc6c(=O)n(C(C)(C)C)c1c1c2c3c4c5c61. The third-order valence-corrected chi connectivity index (χ3v) is 9.21. The first-order valence-electron chi connectivity index (χ1n) is 14.9. The first-order valence-corrected chi connectivity index (χ1v) is 14.9. The minimum atomic E-state index is -0.502. The number of pyridine rings is 3. The van der Waals surface area contributed by atoms with Crippen molar-refractivity contribution >= 4 is 65.0 Å². The maximum atomic E-state index is 14.5. The van der Waals surface area contributed by atoms with E-state index in [4.69, 9.17) is 0 Å². The molecule has 7 rings (SSSR count). The van der Waals surface area contributed by atoms with Gasteiger partial charge in [-0.05, 0) is 118 Å². The Kier molecular flexibility index (Phi) is 4.82. The summed E-state index contributed by atoms with van der Waals surface area (Å²) in [6.45, 7) is 24.6. The normalized spacial score (nSPS) is 14.0. The van der Waals surface area contributed by atoms with E-state index in [-0.39, 0.29) is 16.7 Å². The molecule has 6 nitrogen and oxygen atoms in total. The van der Waals surface area contributed by atoms with Gasteiger partial charge in [0, 0.05) is 65.1 Å². The molecule has 3 aromatic heterocycles. The molecule has 0 amide bonds. The second-order valence-electron chi connectivity index (χ2n) is 15.5. The molecular weight excluding hydrogens is 522 g/mol. The molecule has 0 unspecified atom stereocenters. The van der Waals surface area contributed by atoms with Crippen LogP contribution in [0.15, 0.2) is 32.6 Å². The summed E-state index contributed by atoms with van der Waals surface area (Å²) in [5, 5.41) is 7.32. The van der Waals surface area contributed by atoms with Crippen LogP contribution in [-0.4, -0.2) is 13.7 Å². The summed E-state index contributed by atoms with van der Waals surface area (Å²) in [6.07, 6.45) is 0. The lowest BCUT2D eigenvalue weighted by Gasteiger charge is -2.33. The van der Waals surface area contributed by atoms with Crippen molar-refractivity contribution in [2.24, 2.45) is 0 Å². The van der Waals surface area contributed by atoms with E-state index in [2.05, 4.69) is 62.3 Å². The predicted molar refractivity (Wildman–Crippen MR) is 177 cm³/mol. The molecule has 0 N–H and O–H groups in total. The van der Waals surface area contributed by atoms with Crippen molar-refractivity contribution in [1.82, 2.24) is 13.7 Å². The van der Waals surface area contributed by atoms with Crippen molar-refractivity contribution in [2.75, 3.05) is 0 Å². The molecule has 0 radical (unpaired) electrons. The highest BCUT2D eigenvalue weighted by Crippen LogP contribution is 2.49. The largest absolute Gasteiger partial charge is 0.302 e. The Labute approximate surface area is 244 Å². The van der Waals surface area contributed by atoms with Gasteiger partial charge >= 0.3 is 0 Å². The van der Waals surface area contributed by atoms with E-state index in [0.717, 1.165) is 65.6 Å². The van der Waals surface area contributed by atoms with Crippen molar-refractivity contribution in [3.63, 3.8) is 0 Å². The Balaban J connectivity index is 2.08. The zero-order valence-corrected chi connectivity index (χ0v) is 26.8. The standard InChI is InChI=1S/C36H39N3O3/c1-16-13-19-22-25-23-20(32(41)37(28(16)25)34(4,5)6)14-17(2)30-27(23)24-21(33(42)39(30)36(10,11)12)15-18(3)29(26(22)24)38(31(19)40)35(7,8)9/h13-15H,1-12H3. The van der Waals surface area contributed by atoms with Crippen molar-refractivity contribution in [1.29, 1.82) is 0 Å². The fourth-order valence-electron chi connectivity index (χ4n) is 7.89. The van der Waals surface area contributed by atoms with Crippen molar-refractivity contribution in [3.05, 3.63) is 66.0 Å². The predicted octanol–water partition coefficient (Wildman–Crippen LogP) is 7.59. The zero-order valence-electron chi connectivity index (χ0n) is 26.8. The van der Waals surface area contributed by atoms with Gasteiger partial charge < -0.3 is 13.7 Å². The lowest BCUT2D eigenvalue weighted by Crippen LogP contribution is -2.37. The van der Waals surface area contributed by atoms with Gasteiger partial charge in [-0.3, -0.25) is 14.4 Å². The van der Waals surface area contributed by atoms with Crippen LogP contribution >= 0.6 is 0 Å². The molecular formula is C36H39N3O3. The van der Waals surface area contributed by atoms with Gasteiger partial charge in [0.25, 0.3) is 16.7 Å². The molecule has 42 heavy (non-hydrogen) atoms. The van der Waals surface area contributed by atoms with Crippen LogP contribution in [0.1, 0.15) is 79.0 Å². The number of aryl methyl sites for hydroxylation is 3. The van der Waals surface area contributed by atoms with Crippen LogP contribution in [0.25, 0.3) is 65.0 Å². The molecule has 6 heteroatoms. The van der Waals surface area contributed by atoms with Gasteiger partial charge in [-0.15, -0.1) is 0 Å². The summed E-state index contributed by atoms with van der Waals surface area (Å²) in [6, 6.07) is 5.91. The summed E-state index contributed by atoms with van der Waals surface area (Å²) < 4.78 is 5.76. The minimum absolute atomic E-state index is 0.0473. The Morgan fingerprint density at radius 2 is 0.619 bits per heavy atom. The average molecular weight is 562 g/mol. The third-order valence-electron chi connectivity index (χ3n) is 9.21. The Morgan fingerprint density at radius 1 is 0.405 bits per heavy atom. The Bertz CT molecular complexity index is 2170. The van der Waals surface area contributed by atoms with Gasteiger partial charge in [-0.25, -0.2) is 0 Å². The molecule has 0 aliphatic carbocycles. The molecule has 0 saturated heterocycles. The van der Waals surface area contributed by atoms with E-state index in [1.165, 1.54) is 0 Å². The van der Waals surface area contributed by atoms with Gasteiger partial charge in [-0.1, -0.05) is 0 Å². The first-order chi connectivity index (χ1) is 19.3. The van der Waals surface area contributed by atoms with Crippen molar-refractivity contribution in [3.8, 4) is 0 Å². The van der Waals surface area contributed by atoms with E-state index in [0.29, 0.717) is 16.2 Å². The molecule has 0 aliphatic heterocycles. The van der Waals surface area contributed by atoms with Gasteiger partial charge in [-0.2, -0.15) is 0 Å². The molecule has 0 bridgehead atoms. The Hall–Kier alpha value is -3.93. The van der Waals surface area contributed by atoms with Crippen LogP contribution < -0.4 is 16.7 Å². The highest BCUT2D eigenvalue weighted by atomic mass is 16.1. The number of rotatable bonds is 0. The summed E-state index contributed by atoms with van der Waals surface area (Å²) in [5.41, 5.74) is 3.63. The van der Waals surface area contributed by atoms with E-state index >= 15 is 0 Å². The molecule has 0 saturated carbocycles. The lowest BCUT2D eigenvalue weighted by atomic mass is 9.82. The van der Waals surface area contributed by atoms with E-state index < -0.39 is 16.6 Å². The molecule has 7 aromatic rings. The average Bonchev–Trinajstić information content (AvgIpc) is 2.83. The molecule has 4 aromatic carbocycles. The van der Waals surface area contributed by atoms with E-state index in [1.54, 1.807) is 0 Å². The fraction of sp³-hybridized carbons (Fsp3) is 0.417. The summed E-state index contributed by atoms with van der Waals surface area (Å²) in [5.74, 6) is 0. The summed E-state index contributed by atoms with van der Waals surface area (Å²) in [7, 11) is 0. The molecule has 0 spiro atoms. The van der Waals surface area contributed by atoms with Crippen molar-refractivity contribution < 1.29 is 0 Å². The van der Waals surface area contributed by atoms with Gasteiger partial charge in [0.2, 0.25) is 0 Å². The Morgan fingerprint density at radius 3 is 0.810 bits per heavy atom. The van der Waals surface area contributed by atoms with Crippen LogP contribution in [0.5, 0.6) is 0 Å². The number of benzene rings is 4. The molecule has 3 heterocycles. The third kappa shape index (κ3) is 2.98. The van der Waals surface area contributed by atoms with Gasteiger partial charge in [0.05, 0.1) is 16.6 Å². The zero-order chi connectivity index (χ0) is 30.7. The second-order valence-corrected chi connectivity index (χ2v) is 15.5. The maximum absolute atomic E-state index is 14.5. The molecule has 0 fully saturated rings. The molecule has 0 aliphatic rings. The number of hydrogen-bond donors (Lipinski definition) is 0. The number of hydrogen-bond acceptors (Lipinski definition) is 3. The quantitative estimate of drug-likeness (QED) is 0.141. The van der Waals surface area contributed by atoms with E-state index in [1.807, 2.05) is 52.7 Å². The monoisotopic (exact) mass is 561 g/mol. The van der Waals surface area contributed by atoms with Gasteiger partial charge in [0.1, 0.15) is 0 Å². The van der Waals surface area contributed by atoms with Crippen LogP contribution in [0.3, 0.4) is 0 Å². The molecule has 0 atom stereocenters. The van der Waals surface area contributed by atoms with Crippen LogP contribution in [0, 0.1) is 20.8 Å². The van der Waals surface area contributed by atoms with Crippen LogP contribution in [0.2, 0.25) is 0 Å². The van der Waals surface area contributed by atoms with Crippen LogP contribution in [-0.2, 0) is 16.6 Å². The maximum Gasteiger partial charge on any atom is 0.259 e. The molecule has 216 valence electrons. The van der Waals surface area contributed by atoms with Crippen molar-refractivity contribution in [2.45, 2.75) is 99.7 Å². The first kappa shape index (κ1) is 26.9. The number of aromatic nitrogens is 3. The topological polar surface area (TPSA) is 66.0 Å². The lowest BCUT2D eigenvalue weighted by molar-refractivity contribution is 0.399. The highest BCUT2D eigenvalue weighted by molar-refractivity contribution is 6.44. The second kappa shape index (κ2) is 7.52. The van der Waals surface area contributed by atoms with Crippen LogP contribution in [0.4, 0.5) is 0 Å². The fourth-order valence-corrected chi connectivity index (χ4v) is 7.89. The minimum Gasteiger partial charge on any atom is -0.302 e.